The number of carbonyl (C=O) groups is 2. The molecule has 0 spiro atoms. The normalized spacial score (nSPS) is 16.4. The van der Waals surface area contributed by atoms with E-state index in [1.165, 1.54) is 12.0 Å². The number of likely N-dealkylation sites (tertiary alicyclic amines) is 1. The molecule has 9 nitrogen and oxygen atoms in total. The van der Waals surface area contributed by atoms with Crippen molar-refractivity contribution in [2.75, 3.05) is 20.2 Å². The van der Waals surface area contributed by atoms with Crippen molar-refractivity contribution in [3.63, 3.8) is 0 Å². The number of piperidine rings is 1. The third-order valence-corrected chi connectivity index (χ3v) is 4.96. The van der Waals surface area contributed by atoms with Crippen molar-refractivity contribution < 1.29 is 24.2 Å². The van der Waals surface area contributed by atoms with E-state index in [2.05, 4.69) is 10.2 Å². The van der Waals surface area contributed by atoms with Crippen LogP contribution in [0.15, 0.2) is 12.1 Å². The number of carbonyl (C=O) groups excluding carboxylic acids is 1. The van der Waals surface area contributed by atoms with E-state index in [-0.39, 0.29) is 17.9 Å². The molecule has 2 amide bonds. The summed E-state index contributed by atoms with van der Waals surface area (Å²) >= 11 is 0. The number of amides is 2. The van der Waals surface area contributed by atoms with Gasteiger partial charge >= 0.3 is 6.09 Å². The SMILES string of the molecule is COc1ccc(OC2CCN(C(=O)[C@H](C(C)C)N(C(=O)O)C(C)(C)C)CC2)nn1. The van der Waals surface area contributed by atoms with Crippen molar-refractivity contribution in [1.29, 1.82) is 0 Å². The van der Waals surface area contributed by atoms with E-state index < -0.39 is 17.7 Å². The molecule has 0 aromatic carbocycles. The van der Waals surface area contributed by atoms with E-state index >= 15 is 0 Å². The molecule has 0 aliphatic carbocycles. The average molecular weight is 408 g/mol. The minimum absolute atomic E-state index is 0.0718. The molecule has 0 radical (unpaired) electrons. The molecule has 2 rings (SSSR count). The largest absolute Gasteiger partial charge is 0.480 e. The Labute approximate surface area is 172 Å². The number of hydrogen-bond acceptors (Lipinski definition) is 6. The average Bonchev–Trinajstić information content (AvgIpc) is 2.65. The summed E-state index contributed by atoms with van der Waals surface area (Å²) < 4.78 is 10.8. The molecule has 0 unspecified atom stereocenters. The third-order valence-electron chi connectivity index (χ3n) is 4.96. The number of carboxylic acid groups (broad SMARTS) is 1. The van der Waals surface area contributed by atoms with Gasteiger partial charge in [-0.3, -0.25) is 9.69 Å². The molecule has 9 heteroatoms. The Morgan fingerprint density at radius 1 is 1.17 bits per heavy atom. The highest BCUT2D eigenvalue weighted by molar-refractivity contribution is 5.86. The summed E-state index contributed by atoms with van der Waals surface area (Å²) in [6, 6.07) is 2.66. The number of rotatable bonds is 6. The lowest BCUT2D eigenvalue weighted by molar-refractivity contribution is -0.142. The van der Waals surface area contributed by atoms with Gasteiger partial charge in [-0.25, -0.2) is 4.79 Å². The smallest absolute Gasteiger partial charge is 0.408 e. The van der Waals surface area contributed by atoms with Crippen LogP contribution in [-0.4, -0.2) is 75.0 Å². The Hall–Kier alpha value is -2.58. The molecular weight excluding hydrogens is 376 g/mol. The highest BCUT2D eigenvalue weighted by Gasteiger charge is 2.41. The second-order valence-corrected chi connectivity index (χ2v) is 8.57. The van der Waals surface area contributed by atoms with Gasteiger partial charge in [-0.15, -0.1) is 10.2 Å². The fourth-order valence-electron chi connectivity index (χ4n) is 3.55. The van der Waals surface area contributed by atoms with Gasteiger partial charge in [0.25, 0.3) is 0 Å². The van der Waals surface area contributed by atoms with Gasteiger partial charge in [-0.1, -0.05) is 13.8 Å². The third kappa shape index (κ3) is 5.71. The Balaban J connectivity index is 2.02. The van der Waals surface area contributed by atoms with Gasteiger partial charge in [0.05, 0.1) is 7.11 Å². The first-order chi connectivity index (χ1) is 13.5. The Bertz CT molecular complexity index is 694. The lowest BCUT2D eigenvalue weighted by atomic mass is 9.94. The highest BCUT2D eigenvalue weighted by Crippen LogP contribution is 2.26. The summed E-state index contributed by atoms with van der Waals surface area (Å²) in [5.41, 5.74) is -0.676. The molecule has 162 valence electrons. The standard InChI is InChI=1S/C20H32N4O5/c1-13(2)17(24(19(26)27)20(3,4)5)18(25)23-11-9-14(10-12-23)29-16-8-7-15(28-6)21-22-16/h7-8,13-14,17H,9-12H2,1-6H3,(H,26,27)/t17-/m0/s1. The molecule has 0 saturated carbocycles. The second kappa shape index (κ2) is 9.28. The van der Waals surface area contributed by atoms with E-state index in [0.717, 1.165) is 0 Å². The second-order valence-electron chi connectivity index (χ2n) is 8.57. The van der Waals surface area contributed by atoms with Gasteiger partial charge in [0.1, 0.15) is 12.1 Å². The maximum Gasteiger partial charge on any atom is 0.408 e. The first kappa shape index (κ1) is 22.7. The van der Waals surface area contributed by atoms with Crippen molar-refractivity contribution in [3.05, 3.63) is 12.1 Å². The predicted molar refractivity (Wildman–Crippen MR) is 107 cm³/mol. The van der Waals surface area contributed by atoms with Crippen LogP contribution in [0.1, 0.15) is 47.5 Å². The number of hydrogen-bond donors (Lipinski definition) is 1. The first-order valence-corrected chi connectivity index (χ1v) is 9.90. The van der Waals surface area contributed by atoms with Crippen molar-refractivity contribution in [1.82, 2.24) is 20.0 Å². The van der Waals surface area contributed by atoms with E-state index in [0.29, 0.717) is 37.7 Å². The number of methoxy groups -OCH3 is 1. The lowest BCUT2D eigenvalue weighted by Gasteiger charge is -2.43. The zero-order chi connectivity index (χ0) is 21.8. The molecule has 2 heterocycles. The minimum Gasteiger partial charge on any atom is -0.480 e. The van der Waals surface area contributed by atoms with Crippen LogP contribution in [0.25, 0.3) is 0 Å². The van der Waals surface area contributed by atoms with Crippen molar-refractivity contribution in [3.8, 4) is 11.8 Å². The Morgan fingerprint density at radius 2 is 1.72 bits per heavy atom. The first-order valence-electron chi connectivity index (χ1n) is 9.90. The highest BCUT2D eigenvalue weighted by atomic mass is 16.5. The fourth-order valence-corrected chi connectivity index (χ4v) is 3.55. The van der Waals surface area contributed by atoms with Crippen LogP contribution in [0.5, 0.6) is 11.8 Å². The molecule has 1 N–H and O–H groups in total. The van der Waals surface area contributed by atoms with Gasteiger partial charge < -0.3 is 19.5 Å². The van der Waals surface area contributed by atoms with Gasteiger partial charge in [-0.2, -0.15) is 0 Å². The summed E-state index contributed by atoms with van der Waals surface area (Å²) in [5, 5.41) is 17.6. The van der Waals surface area contributed by atoms with Crippen molar-refractivity contribution in [2.24, 2.45) is 5.92 Å². The molecule has 1 aliphatic heterocycles. The van der Waals surface area contributed by atoms with Crippen molar-refractivity contribution in [2.45, 2.75) is 65.1 Å². The van der Waals surface area contributed by atoms with Crippen LogP contribution >= 0.6 is 0 Å². The summed E-state index contributed by atoms with van der Waals surface area (Å²) in [6.45, 7) is 10.2. The molecule has 1 aromatic heterocycles. The Morgan fingerprint density at radius 3 is 2.14 bits per heavy atom. The molecule has 0 bridgehead atoms. The number of ether oxygens (including phenoxy) is 2. The van der Waals surface area contributed by atoms with Gasteiger partial charge in [0.2, 0.25) is 17.7 Å². The molecule has 1 aromatic rings. The monoisotopic (exact) mass is 408 g/mol. The van der Waals surface area contributed by atoms with Gasteiger partial charge in [0.15, 0.2) is 0 Å². The molecule has 1 saturated heterocycles. The van der Waals surface area contributed by atoms with Gasteiger partial charge in [0, 0.05) is 43.6 Å². The summed E-state index contributed by atoms with van der Waals surface area (Å²) in [4.78, 5) is 28.1. The fraction of sp³-hybridized carbons (Fsp3) is 0.700. The minimum atomic E-state index is -1.08. The lowest BCUT2D eigenvalue weighted by Crippen LogP contribution is -2.60. The van der Waals surface area contributed by atoms with E-state index in [1.54, 1.807) is 37.8 Å². The number of nitrogens with zero attached hydrogens (tertiary/aromatic N) is 4. The molecule has 1 aliphatic rings. The molecular formula is C20H32N4O5. The zero-order valence-corrected chi connectivity index (χ0v) is 18.1. The summed E-state index contributed by atoms with van der Waals surface area (Å²) in [7, 11) is 1.52. The predicted octanol–water partition coefficient (Wildman–Crippen LogP) is 2.66. The van der Waals surface area contributed by atoms with Crippen LogP contribution in [-0.2, 0) is 4.79 Å². The Kier molecular flexibility index (Phi) is 7.26. The van der Waals surface area contributed by atoms with Crippen LogP contribution in [0, 0.1) is 5.92 Å². The quantitative estimate of drug-likeness (QED) is 0.771. The molecule has 29 heavy (non-hydrogen) atoms. The molecule has 1 atom stereocenters. The van der Waals surface area contributed by atoms with Crippen LogP contribution < -0.4 is 9.47 Å². The van der Waals surface area contributed by atoms with E-state index in [4.69, 9.17) is 9.47 Å². The number of aromatic nitrogens is 2. The van der Waals surface area contributed by atoms with Gasteiger partial charge in [-0.05, 0) is 26.7 Å². The zero-order valence-electron chi connectivity index (χ0n) is 18.1. The maximum atomic E-state index is 13.2. The molecule has 1 fully saturated rings. The van der Waals surface area contributed by atoms with Crippen LogP contribution in [0.2, 0.25) is 0 Å². The van der Waals surface area contributed by atoms with E-state index in [9.17, 15) is 14.7 Å². The topological polar surface area (TPSA) is 105 Å². The van der Waals surface area contributed by atoms with Crippen molar-refractivity contribution >= 4 is 12.0 Å². The maximum absolute atomic E-state index is 13.2. The van der Waals surface area contributed by atoms with Crippen LogP contribution in [0.4, 0.5) is 4.79 Å². The summed E-state index contributed by atoms with van der Waals surface area (Å²) in [6.07, 6.45) is 0.137. The van der Waals surface area contributed by atoms with Crippen LogP contribution in [0.3, 0.4) is 0 Å². The van der Waals surface area contributed by atoms with E-state index in [1.807, 2.05) is 13.8 Å². The summed E-state index contributed by atoms with van der Waals surface area (Å²) in [5.74, 6) is 0.543.